The van der Waals surface area contributed by atoms with Crippen LogP contribution in [0.2, 0.25) is 0 Å². The molecule has 7 heteroatoms. The number of H-pyrrole nitrogens is 1. The lowest BCUT2D eigenvalue weighted by molar-refractivity contribution is 0.101. The quantitative estimate of drug-likeness (QED) is 0.910. The number of methoxy groups -OCH3 is 1. The van der Waals surface area contributed by atoms with Crippen molar-refractivity contribution < 1.29 is 9.53 Å². The Bertz CT molecular complexity index is 569. The minimum absolute atomic E-state index is 0.152. The van der Waals surface area contributed by atoms with Crippen molar-refractivity contribution in [2.24, 2.45) is 0 Å². The number of carbonyl (C=O) groups is 1. The van der Waals surface area contributed by atoms with Crippen LogP contribution in [-0.4, -0.2) is 28.2 Å². The van der Waals surface area contributed by atoms with Crippen LogP contribution in [0.5, 0.6) is 5.75 Å². The molecule has 0 spiro atoms. The molecule has 0 bridgehead atoms. The van der Waals surface area contributed by atoms with E-state index in [4.69, 9.17) is 4.74 Å². The van der Waals surface area contributed by atoms with Crippen molar-refractivity contribution in [3.05, 3.63) is 34.3 Å². The number of aromatic amines is 1. The smallest absolute Gasteiger partial charge is 0.293 e. The number of aromatic nitrogens is 3. The van der Waals surface area contributed by atoms with Gasteiger partial charge < -0.3 is 10.1 Å². The number of carbonyl (C=O) groups excluding carboxylic acids is 1. The molecule has 0 aliphatic rings. The van der Waals surface area contributed by atoms with Gasteiger partial charge in [-0.05, 0) is 24.6 Å². The van der Waals surface area contributed by atoms with E-state index in [1.165, 1.54) is 6.33 Å². The van der Waals surface area contributed by atoms with Crippen LogP contribution in [0, 0.1) is 6.92 Å². The highest BCUT2D eigenvalue weighted by atomic mass is 79.9. The van der Waals surface area contributed by atoms with Gasteiger partial charge in [-0.3, -0.25) is 9.89 Å². The molecule has 18 heavy (non-hydrogen) atoms. The number of hydrogen-bond donors (Lipinski definition) is 2. The summed E-state index contributed by atoms with van der Waals surface area (Å²) in [5, 5.41) is 8.87. The highest BCUT2D eigenvalue weighted by Crippen LogP contribution is 2.32. The van der Waals surface area contributed by atoms with Crippen molar-refractivity contribution in [3.8, 4) is 5.75 Å². The Morgan fingerprint density at radius 1 is 1.50 bits per heavy atom. The molecule has 6 nitrogen and oxygen atoms in total. The Kier molecular flexibility index (Phi) is 3.61. The fourth-order valence-corrected chi connectivity index (χ4v) is 2.07. The second-order valence-corrected chi connectivity index (χ2v) is 4.50. The summed E-state index contributed by atoms with van der Waals surface area (Å²) in [7, 11) is 1.55. The molecular formula is C11H11BrN4O2. The largest absolute Gasteiger partial charge is 0.495 e. The van der Waals surface area contributed by atoms with Gasteiger partial charge in [0.15, 0.2) is 0 Å². The van der Waals surface area contributed by atoms with Gasteiger partial charge in [-0.15, -0.1) is 0 Å². The van der Waals surface area contributed by atoms with Crippen LogP contribution in [0.1, 0.15) is 16.2 Å². The third kappa shape index (κ3) is 2.51. The van der Waals surface area contributed by atoms with Crippen molar-refractivity contribution in [3.63, 3.8) is 0 Å². The van der Waals surface area contributed by atoms with Crippen LogP contribution in [0.4, 0.5) is 5.69 Å². The van der Waals surface area contributed by atoms with E-state index < -0.39 is 0 Å². The van der Waals surface area contributed by atoms with Gasteiger partial charge in [-0.1, -0.05) is 15.9 Å². The first kappa shape index (κ1) is 12.6. The lowest BCUT2D eigenvalue weighted by atomic mass is 10.2. The first-order valence-corrected chi connectivity index (χ1v) is 5.92. The molecule has 1 aromatic heterocycles. The molecule has 1 aromatic carbocycles. The van der Waals surface area contributed by atoms with Crippen molar-refractivity contribution in [2.75, 3.05) is 12.4 Å². The molecule has 0 saturated heterocycles. The van der Waals surface area contributed by atoms with Gasteiger partial charge in [0.1, 0.15) is 12.1 Å². The molecule has 0 aliphatic carbocycles. The van der Waals surface area contributed by atoms with E-state index in [2.05, 4.69) is 36.4 Å². The predicted molar refractivity (Wildman–Crippen MR) is 69.8 cm³/mol. The van der Waals surface area contributed by atoms with Crippen molar-refractivity contribution in [1.82, 2.24) is 15.2 Å². The molecule has 0 radical (unpaired) electrons. The molecule has 2 rings (SSSR count). The standard InChI is InChI=1S/C11H11BrN4O2/c1-6-3-7(12)4-8(18-2)9(6)15-11(17)10-13-5-14-16-10/h3-5H,1-2H3,(H,15,17)(H,13,14,16). The van der Waals surface area contributed by atoms with E-state index in [1.54, 1.807) is 13.2 Å². The number of anilines is 1. The van der Waals surface area contributed by atoms with Crippen molar-refractivity contribution in [1.29, 1.82) is 0 Å². The Morgan fingerprint density at radius 2 is 2.28 bits per heavy atom. The van der Waals surface area contributed by atoms with E-state index in [-0.39, 0.29) is 11.7 Å². The predicted octanol–water partition coefficient (Wildman–Crippen LogP) is 2.14. The number of nitrogens with one attached hydrogen (secondary N) is 2. The van der Waals surface area contributed by atoms with E-state index in [1.807, 2.05) is 13.0 Å². The van der Waals surface area contributed by atoms with Crippen LogP contribution in [0.3, 0.4) is 0 Å². The van der Waals surface area contributed by atoms with E-state index >= 15 is 0 Å². The monoisotopic (exact) mass is 310 g/mol. The maximum absolute atomic E-state index is 11.9. The number of aryl methyl sites for hydroxylation is 1. The maximum Gasteiger partial charge on any atom is 0.293 e. The SMILES string of the molecule is COc1cc(Br)cc(C)c1NC(=O)c1ncn[nH]1. The topological polar surface area (TPSA) is 79.9 Å². The molecule has 2 aromatic rings. The summed E-state index contributed by atoms with van der Waals surface area (Å²) in [6, 6.07) is 3.67. The number of nitrogens with zero attached hydrogens (tertiary/aromatic N) is 2. The average molecular weight is 311 g/mol. The molecule has 94 valence electrons. The highest BCUT2D eigenvalue weighted by Gasteiger charge is 2.14. The zero-order valence-corrected chi connectivity index (χ0v) is 11.4. The second kappa shape index (κ2) is 5.18. The maximum atomic E-state index is 11.9. The molecule has 0 unspecified atom stereocenters. The van der Waals surface area contributed by atoms with E-state index in [0.29, 0.717) is 11.4 Å². The lowest BCUT2D eigenvalue weighted by Crippen LogP contribution is -2.15. The van der Waals surface area contributed by atoms with E-state index in [9.17, 15) is 4.79 Å². The highest BCUT2D eigenvalue weighted by molar-refractivity contribution is 9.10. The second-order valence-electron chi connectivity index (χ2n) is 3.59. The summed E-state index contributed by atoms with van der Waals surface area (Å²) >= 11 is 3.37. The van der Waals surface area contributed by atoms with Gasteiger partial charge in [0.25, 0.3) is 5.91 Å². The van der Waals surface area contributed by atoms with Gasteiger partial charge in [0, 0.05) is 4.47 Å². The summed E-state index contributed by atoms with van der Waals surface area (Å²) < 4.78 is 6.12. The van der Waals surface area contributed by atoms with Crippen molar-refractivity contribution >= 4 is 27.5 Å². The Labute approximate surface area is 112 Å². The zero-order chi connectivity index (χ0) is 13.1. The van der Waals surface area contributed by atoms with Crippen molar-refractivity contribution in [2.45, 2.75) is 6.92 Å². The van der Waals surface area contributed by atoms with Crippen LogP contribution in [-0.2, 0) is 0 Å². The zero-order valence-electron chi connectivity index (χ0n) is 9.82. The third-order valence-corrected chi connectivity index (χ3v) is 2.81. The summed E-state index contributed by atoms with van der Waals surface area (Å²) in [5.41, 5.74) is 1.50. The first-order valence-electron chi connectivity index (χ1n) is 5.12. The van der Waals surface area contributed by atoms with Gasteiger partial charge in [-0.2, -0.15) is 5.10 Å². The molecule has 0 saturated carbocycles. The Balaban J connectivity index is 2.31. The molecule has 2 N–H and O–H groups in total. The van der Waals surface area contributed by atoms with Gasteiger partial charge in [0.05, 0.1) is 12.8 Å². The fraction of sp³-hybridized carbons (Fsp3) is 0.182. The summed E-state index contributed by atoms with van der Waals surface area (Å²) in [4.78, 5) is 15.7. The Morgan fingerprint density at radius 3 is 2.89 bits per heavy atom. The minimum Gasteiger partial charge on any atom is -0.495 e. The molecule has 1 heterocycles. The molecule has 1 amide bonds. The van der Waals surface area contributed by atoms with Gasteiger partial charge in [-0.25, -0.2) is 4.98 Å². The minimum atomic E-state index is -0.365. The number of halogens is 1. The van der Waals surface area contributed by atoms with E-state index in [0.717, 1.165) is 10.0 Å². The van der Waals surface area contributed by atoms with Crippen LogP contribution >= 0.6 is 15.9 Å². The Hall–Kier alpha value is -1.89. The fourth-order valence-electron chi connectivity index (χ4n) is 1.52. The van der Waals surface area contributed by atoms with Crippen LogP contribution in [0.25, 0.3) is 0 Å². The van der Waals surface area contributed by atoms with Gasteiger partial charge in [0.2, 0.25) is 5.82 Å². The number of ether oxygens (including phenoxy) is 1. The van der Waals surface area contributed by atoms with Gasteiger partial charge >= 0.3 is 0 Å². The number of amides is 1. The van der Waals surface area contributed by atoms with Crippen LogP contribution < -0.4 is 10.1 Å². The van der Waals surface area contributed by atoms with Crippen LogP contribution in [0.15, 0.2) is 22.9 Å². The molecule has 0 aliphatic heterocycles. The first-order chi connectivity index (χ1) is 8.61. The third-order valence-electron chi connectivity index (χ3n) is 2.35. The number of hydrogen-bond acceptors (Lipinski definition) is 4. The molecule has 0 atom stereocenters. The molecule has 0 fully saturated rings. The summed E-state index contributed by atoms with van der Waals surface area (Å²) in [5.74, 6) is 0.366. The lowest BCUT2D eigenvalue weighted by Gasteiger charge is -2.12. The molecular weight excluding hydrogens is 300 g/mol. The summed E-state index contributed by atoms with van der Waals surface area (Å²) in [6.07, 6.45) is 1.28. The normalized spacial score (nSPS) is 10.2. The number of benzene rings is 1. The average Bonchev–Trinajstić information content (AvgIpc) is 2.85. The number of rotatable bonds is 3. The summed E-state index contributed by atoms with van der Waals surface area (Å²) in [6.45, 7) is 1.88.